The van der Waals surface area contributed by atoms with Gasteiger partial charge < -0.3 is 19.7 Å². The van der Waals surface area contributed by atoms with Gasteiger partial charge in [-0.3, -0.25) is 0 Å². The van der Waals surface area contributed by atoms with Crippen molar-refractivity contribution in [3.8, 4) is 5.75 Å². The maximum Gasteiger partial charge on any atom is 0.355 e. The molecule has 0 spiro atoms. The van der Waals surface area contributed by atoms with Crippen molar-refractivity contribution in [1.29, 1.82) is 0 Å². The summed E-state index contributed by atoms with van der Waals surface area (Å²) in [5, 5.41) is 22.3. The van der Waals surface area contributed by atoms with E-state index in [1.54, 1.807) is 25.1 Å². The highest BCUT2D eigenvalue weighted by Crippen LogP contribution is 2.32. The number of carbonyl (C=O) groups is 1. The minimum absolute atomic E-state index is 0.0160. The molecule has 1 aromatic carbocycles. The molecule has 0 amide bonds. The highest BCUT2D eigenvalue weighted by Gasteiger charge is 2.33. The van der Waals surface area contributed by atoms with Crippen molar-refractivity contribution >= 4 is 5.97 Å². The number of hydrogen-bond acceptors (Lipinski definition) is 4. The third kappa shape index (κ3) is 3.74. The minimum atomic E-state index is -2.56. The molecule has 136 valence electrons. The second-order valence-corrected chi connectivity index (χ2v) is 6.29. The number of quaternary nitrogens is 1. The van der Waals surface area contributed by atoms with Gasteiger partial charge >= 0.3 is 5.97 Å². The Kier molecular flexibility index (Phi) is 4.76. The number of alkyl halides is 2. The van der Waals surface area contributed by atoms with E-state index in [2.05, 4.69) is 17.2 Å². The number of aromatic carboxylic acids is 1. The fourth-order valence-corrected chi connectivity index (χ4v) is 3.12. The molecule has 0 bridgehead atoms. The first-order chi connectivity index (χ1) is 12.3. The smallest absolute Gasteiger partial charge is 0.355 e. The summed E-state index contributed by atoms with van der Waals surface area (Å²) in [6.07, 6.45) is -0.156. The molecule has 0 fully saturated rings. The number of aryl methyl sites for hydroxylation is 1. The number of nitrogens with zero attached hydrogens (tertiary/aromatic N) is 2. The van der Waals surface area contributed by atoms with Crippen molar-refractivity contribution in [3.63, 3.8) is 0 Å². The number of ether oxygens (including phenoxy) is 1. The average Bonchev–Trinajstić information content (AvgIpc) is 2.89. The quantitative estimate of drug-likeness (QED) is 0.631. The van der Waals surface area contributed by atoms with Crippen LogP contribution in [0, 0.1) is 24.4 Å². The Labute approximate surface area is 148 Å². The predicted molar refractivity (Wildman–Crippen MR) is 86.3 cm³/mol. The standard InChI is InChI=1S/C18H16F2N2O4/c1-11-6-12(2-3-15(11)26-10-16(19)20)7-22(25)8-13-4-5-21-17(18(23)24)14(13)9-22/h2-3,6,16H,7-10H2,1H3,(H,23,24). The largest absolute Gasteiger partial charge is 0.632 e. The van der Waals surface area contributed by atoms with Crippen LogP contribution in [0.15, 0.2) is 18.2 Å². The lowest BCUT2D eigenvalue weighted by Crippen LogP contribution is -2.35. The first-order valence-corrected chi connectivity index (χ1v) is 7.89. The van der Waals surface area contributed by atoms with Gasteiger partial charge in [0, 0.05) is 11.8 Å². The number of carboxylic acids is 1. The van der Waals surface area contributed by atoms with Gasteiger partial charge in [0.25, 0.3) is 6.43 Å². The molecule has 2 aromatic rings. The van der Waals surface area contributed by atoms with E-state index in [4.69, 9.17) is 4.74 Å². The van der Waals surface area contributed by atoms with Crippen LogP contribution in [0.4, 0.5) is 8.78 Å². The fraction of sp³-hybridized carbons (Fsp3) is 0.333. The van der Waals surface area contributed by atoms with Crippen LogP contribution in [-0.4, -0.2) is 33.7 Å². The van der Waals surface area contributed by atoms with Gasteiger partial charge in [0.15, 0.2) is 5.69 Å². The van der Waals surface area contributed by atoms with E-state index in [9.17, 15) is 23.9 Å². The summed E-state index contributed by atoms with van der Waals surface area (Å²) < 4.78 is 28.9. The predicted octanol–water partition coefficient (Wildman–Crippen LogP) is 2.86. The lowest BCUT2D eigenvalue weighted by atomic mass is 10.1. The van der Waals surface area contributed by atoms with Crippen molar-refractivity contribution in [1.82, 2.24) is 4.98 Å². The molecule has 6 nitrogen and oxygen atoms in total. The molecule has 1 aromatic heterocycles. The summed E-state index contributed by atoms with van der Waals surface area (Å²) in [7, 11) is 0. The van der Waals surface area contributed by atoms with Crippen molar-refractivity contribution in [2.75, 3.05) is 6.61 Å². The van der Waals surface area contributed by atoms with Crippen molar-refractivity contribution < 1.29 is 28.1 Å². The number of hydrogen-bond donors (Lipinski definition) is 1. The Hall–Kier alpha value is -2.76. The molecule has 1 atom stereocenters. The van der Waals surface area contributed by atoms with Crippen LogP contribution in [0.25, 0.3) is 0 Å². The first kappa shape index (κ1) is 18.0. The van der Waals surface area contributed by atoms with Crippen LogP contribution in [0.1, 0.15) is 32.7 Å². The summed E-state index contributed by atoms with van der Waals surface area (Å²) in [5.41, 5.74) is 2.10. The van der Waals surface area contributed by atoms with Gasteiger partial charge in [-0.25, -0.2) is 13.6 Å². The number of aromatic nitrogens is 1. The molecule has 2 heterocycles. The Morgan fingerprint density at radius 1 is 1.46 bits per heavy atom. The molecule has 8 heteroatoms. The average molecular weight is 362 g/mol. The zero-order valence-electron chi connectivity index (χ0n) is 14.0. The van der Waals surface area contributed by atoms with E-state index in [0.717, 1.165) is 0 Å². The number of benzene rings is 1. The summed E-state index contributed by atoms with van der Waals surface area (Å²) in [4.78, 5) is 14.9. The topological polar surface area (TPSA) is 82.5 Å². The Morgan fingerprint density at radius 2 is 2.23 bits per heavy atom. The van der Waals surface area contributed by atoms with E-state index in [-0.39, 0.29) is 25.3 Å². The third-order valence-electron chi connectivity index (χ3n) is 4.19. The van der Waals surface area contributed by atoms with E-state index in [1.165, 1.54) is 0 Å². The van der Waals surface area contributed by atoms with Crippen LogP contribution in [0.3, 0.4) is 0 Å². The molecular formula is C18H16F2N2O4. The zero-order valence-corrected chi connectivity index (χ0v) is 14.0. The normalized spacial score (nSPS) is 18.5. The molecule has 0 aliphatic carbocycles. The summed E-state index contributed by atoms with van der Waals surface area (Å²) in [6.45, 7) is 1.20. The molecule has 0 radical (unpaired) electrons. The summed E-state index contributed by atoms with van der Waals surface area (Å²) >= 11 is 0. The van der Waals surface area contributed by atoms with E-state index >= 15 is 0 Å². The lowest BCUT2D eigenvalue weighted by molar-refractivity contribution is -0.913. The second-order valence-electron chi connectivity index (χ2n) is 6.29. The van der Waals surface area contributed by atoms with Gasteiger partial charge in [-0.15, -0.1) is 0 Å². The SMILES string of the molecule is Cc1cc(C[N+]2([O-])Cc3c#cnc(C(=O)O)c3C2)ccc1OCC(F)F. The molecule has 0 saturated heterocycles. The van der Waals surface area contributed by atoms with Gasteiger partial charge in [0.05, 0.1) is 11.1 Å². The lowest BCUT2D eigenvalue weighted by Gasteiger charge is -2.38. The Balaban J connectivity index is 1.76. The van der Waals surface area contributed by atoms with Gasteiger partial charge in [-0.2, -0.15) is 4.98 Å². The molecule has 26 heavy (non-hydrogen) atoms. The van der Waals surface area contributed by atoms with Crippen LogP contribution in [-0.2, 0) is 19.6 Å². The molecule has 0 saturated carbocycles. The van der Waals surface area contributed by atoms with Crippen molar-refractivity contribution in [2.24, 2.45) is 0 Å². The molecular weight excluding hydrogens is 346 g/mol. The third-order valence-corrected chi connectivity index (χ3v) is 4.19. The molecule has 1 aliphatic heterocycles. The molecule has 3 rings (SSSR count). The first-order valence-electron chi connectivity index (χ1n) is 7.89. The number of hydroxylamine groups is 3. The van der Waals surface area contributed by atoms with Crippen molar-refractivity contribution in [2.45, 2.75) is 33.0 Å². The van der Waals surface area contributed by atoms with Gasteiger partial charge in [-0.05, 0) is 36.8 Å². The van der Waals surface area contributed by atoms with Gasteiger partial charge in [0.2, 0.25) is 0 Å². The summed E-state index contributed by atoms with van der Waals surface area (Å²) in [6, 6.07) is 7.66. The Bertz CT molecular complexity index is 844. The fourth-order valence-electron chi connectivity index (χ4n) is 3.12. The number of fused-ring (bicyclic) bond motifs is 1. The maximum atomic E-state index is 13.1. The monoisotopic (exact) mass is 362 g/mol. The van der Waals surface area contributed by atoms with E-state index < -0.39 is 23.6 Å². The summed E-state index contributed by atoms with van der Waals surface area (Å²) in [5.74, 6) is -0.854. The number of halogens is 2. The highest BCUT2D eigenvalue weighted by atomic mass is 19.3. The van der Waals surface area contributed by atoms with Crippen LogP contribution in [0.5, 0.6) is 5.75 Å². The zero-order chi connectivity index (χ0) is 18.9. The van der Waals surface area contributed by atoms with Gasteiger partial charge in [0.1, 0.15) is 32.0 Å². The van der Waals surface area contributed by atoms with Gasteiger partial charge in [-0.1, -0.05) is 0 Å². The van der Waals surface area contributed by atoms with Crippen LogP contribution >= 0.6 is 0 Å². The highest BCUT2D eigenvalue weighted by molar-refractivity contribution is 5.87. The number of rotatable bonds is 6. The molecule has 1 unspecified atom stereocenters. The van der Waals surface area contributed by atoms with Crippen molar-refractivity contribution in [3.05, 3.63) is 63.6 Å². The maximum absolute atomic E-state index is 13.1. The number of carboxylic acid groups (broad SMARTS) is 1. The van der Waals surface area contributed by atoms with E-state index in [1.807, 2.05) is 0 Å². The molecule has 1 N–H and O–H groups in total. The Morgan fingerprint density at radius 3 is 2.88 bits per heavy atom. The molecule has 1 aliphatic rings. The van der Waals surface area contributed by atoms with Crippen LogP contribution < -0.4 is 4.74 Å². The van der Waals surface area contributed by atoms with E-state index in [0.29, 0.717) is 28.0 Å². The second kappa shape index (κ2) is 6.86. The van der Waals surface area contributed by atoms with Crippen LogP contribution in [0.2, 0.25) is 0 Å². The minimum Gasteiger partial charge on any atom is -0.632 e.